The van der Waals surface area contributed by atoms with E-state index in [-0.39, 0.29) is 0 Å². The summed E-state index contributed by atoms with van der Waals surface area (Å²) in [5.74, 6) is 1.66. The van der Waals surface area contributed by atoms with Gasteiger partial charge in [-0.3, -0.25) is 4.68 Å². The van der Waals surface area contributed by atoms with Gasteiger partial charge in [0.25, 0.3) is 0 Å². The van der Waals surface area contributed by atoms with Crippen LogP contribution in [0, 0.1) is 11.8 Å². The van der Waals surface area contributed by atoms with Gasteiger partial charge in [0, 0.05) is 24.3 Å². The van der Waals surface area contributed by atoms with Crippen molar-refractivity contribution < 1.29 is 0 Å². The highest BCUT2D eigenvalue weighted by Gasteiger charge is 2.34. The molecule has 1 N–H and O–H groups in total. The van der Waals surface area contributed by atoms with Gasteiger partial charge in [-0.05, 0) is 44.1 Å². The third-order valence-corrected chi connectivity index (χ3v) is 3.97. The van der Waals surface area contributed by atoms with E-state index in [0.717, 1.165) is 31.3 Å². The van der Waals surface area contributed by atoms with Crippen molar-refractivity contribution in [2.24, 2.45) is 11.8 Å². The number of nitrogens with one attached hydrogen (secondary N) is 1. The molecule has 0 bridgehead atoms. The maximum atomic E-state index is 4.47. The number of nitrogens with zero attached hydrogens (tertiary/aromatic N) is 2. The molecule has 1 heterocycles. The lowest BCUT2D eigenvalue weighted by atomic mass is 9.92. The largest absolute Gasteiger partial charge is 0.310 e. The van der Waals surface area contributed by atoms with Crippen LogP contribution in [0.2, 0.25) is 0 Å². The van der Waals surface area contributed by atoms with Crippen molar-refractivity contribution in [2.45, 2.75) is 59.0 Å². The normalized spacial score (nSPS) is 18.8. The lowest BCUT2D eigenvalue weighted by Crippen LogP contribution is -2.28. The maximum Gasteiger partial charge on any atom is 0.0537 e. The number of aryl methyl sites for hydroxylation is 1. The highest BCUT2D eigenvalue weighted by atomic mass is 15.3. The average Bonchev–Trinajstić information content (AvgIpc) is 3.12. The Balaban J connectivity index is 2.05. The second-order valence-corrected chi connectivity index (χ2v) is 5.67. The van der Waals surface area contributed by atoms with Crippen LogP contribution in [0.5, 0.6) is 0 Å². The van der Waals surface area contributed by atoms with Gasteiger partial charge >= 0.3 is 0 Å². The fourth-order valence-corrected chi connectivity index (χ4v) is 2.69. The molecule has 1 saturated carbocycles. The Morgan fingerprint density at radius 2 is 2.17 bits per heavy atom. The van der Waals surface area contributed by atoms with Crippen molar-refractivity contribution in [3.05, 3.63) is 18.0 Å². The molecule has 3 heteroatoms. The molecule has 2 atom stereocenters. The Bertz CT molecular complexity index is 354. The zero-order chi connectivity index (χ0) is 13.0. The van der Waals surface area contributed by atoms with Gasteiger partial charge < -0.3 is 5.32 Å². The van der Waals surface area contributed by atoms with Gasteiger partial charge in [0.1, 0.15) is 0 Å². The van der Waals surface area contributed by atoms with Gasteiger partial charge in [0.15, 0.2) is 0 Å². The quantitative estimate of drug-likeness (QED) is 0.765. The van der Waals surface area contributed by atoms with Gasteiger partial charge in [-0.15, -0.1) is 0 Å². The summed E-state index contributed by atoms with van der Waals surface area (Å²) in [7, 11) is 0. The molecule has 0 radical (unpaired) electrons. The molecule has 2 unspecified atom stereocenters. The predicted octanol–water partition coefficient (Wildman–Crippen LogP) is 3.38. The molecule has 0 aromatic carbocycles. The Morgan fingerprint density at radius 3 is 2.78 bits per heavy atom. The molecule has 0 amide bonds. The second kappa shape index (κ2) is 6.37. The molecule has 0 spiro atoms. The first-order valence-corrected chi connectivity index (χ1v) is 7.52. The van der Waals surface area contributed by atoms with Gasteiger partial charge in [0.2, 0.25) is 0 Å². The summed E-state index contributed by atoms with van der Waals surface area (Å²) >= 11 is 0. The number of hydrogen-bond donors (Lipinski definition) is 1. The summed E-state index contributed by atoms with van der Waals surface area (Å²) in [6, 6.07) is 0.489. The monoisotopic (exact) mass is 249 g/mol. The van der Waals surface area contributed by atoms with Crippen molar-refractivity contribution in [2.75, 3.05) is 6.54 Å². The van der Waals surface area contributed by atoms with E-state index in [9.17, 15) is 0 Å². The van der Waals surface area contributed by atoms with Crippen LogP contribution in [0.4, 0.5) is 0 Å². The van der Waals surface area contributed by atoms with Gasteiger partial charge in [0.05, 0.1) is 6.20 Å². The number of aromatic nitrogens is 2. The fourth-order valence-electron chi connectivity index (χ4n) is 2.69. The van der Waals surface area contributed by atoms with Crippen molar-refractivity contribution in [3.63, 3.8) is 0 Å². The smallest absolute Gasteiger partial charge is 0.0537 e. The molecule has 3 nitrogen and oxygen atoms in total. The van der Waals surface area contributed by atoms with Crippen LogP contribution in [-0.2, 0) is 6.54 Å². The third kappa shape index (κ3) is 3.35. The fraction of sp³-hybridized carbons (Fsp3) is 0.800. The summed E-state index contributed by atoms with van der Waals surface area (Å²) in [4.78, 5) is 0. The summed E-state index contributed by atoms with van der Waals surface area (Å²) in [5.41, 5.74) is 1.37. The molecule has 102 valence electrons. The van der Waals surface area contributed by atoms with Crippen LogP contribution < -0.4 is 5.32 Å². The van der Waals surface area contributed by atoms with Gasteiger partial charge in [-0.1, -0.05) is 20.8 Å². The van der Waals surface area contributed by atoms with Crippen LogP contribution in [0.3, 0.4) is 0 Å². The van der Waals surface area contributed by atoms with E-state index in [2.05, 4.69) is 48.3 Å². The summed E-state index contributed by atoms with van der Waals surface area (Å²) < 4.78 is 2.08. The summed E-state index contributed by atoms with van der Waals surface area (Å²) in [5, 5.41) is 8.18. The van der Waals surface area contributed by atoms with E-state index in [4.69, 9.17) is 0 Å². The minimum Gasteiger partial charge on any atom is -0.310 e. The lowest BCUT2D eigenvalue weighted by molar-refractivity contribution is 0.349. The van der Waals surface area contributed by atoms with E-state index in [1.54, 1.807) is 0 Å². The summed E-state index contributed by atoms with van der Waals surface area (Å²) in [6.45, 7) is 8.94. The maximum absolute atomic E-state index is 4.47. The first kappa shape index (κ1) is 13.6. The number of rotatable bonds is 8. The molecule has 1 fully saturated rings. The topological polar surface area (TPSA) is 29.9 Å². The van der Waals surface area contributed by atoms with Crippen molar-refractivity contribution in [3.8, 4) is 0 Å². The second-order valence-electron chi connectivity index (χ2n) is 5.67. The molecule has 0 saturated heterocycles. The highest BCUT2D eigenvalue weighted by molar-refractivity contribution is 5.13. The minimum absolute atomic E-state index is 0.489. The van der Waals surface area contributed by atoms with Crippen LogP contribution >= 0.6 is 0 Å². The Kier molecular flexibility index (Phi) is 4.81. The third-order valence-electron chi connectivity index (χ3n) is 3.97. The molecule has 18 heavy (non-hydrogen) atoms. The lowest BCUT2D eigenvalue weighted by Gasteiger charge is -2.24. The molecule has 0 aliphatic heterocycles. The Morgan fingerprint density at radius 1 is 1.39 bits per heavy atom. The van der Waals surface area contributed by atoms with E-state index in [1.165, 1.54) is 24.8 Å². The van der Waals surface area contributed by atoms with E-state index in [1.807, 2.05) is 0 Å². The molecule has 1 aliphatic carbocycles. The number of hydrogen-bond acceptors (Lipinski definition) is 2. The molecule has 1 aromatic rings. The Hall–Kier alpha value is -0.830. The summed E-state index contributed by atoms with van der Waals surface area (Å²) in [6.07, 6.45) is 9.45. The standard InChI is InChI=1S/C15H27N3/c1-4-8-16-15(12(3)13-6-7-13)14-10-17-18(11-14)9-5-2/h10-13,15-16H,4-9H2,1-3H3. The van der Waals surface area contributed by atoms with Crippen LogP contribution in [0.1, 0.15) is 58.1 Å². The zero-order valence-corrected chi connectivity index (χ0v) is 12.0. The highest BCUT2D eigenvalue weighted by Crippen LogP contribution is 2.42. The Labute approximate surface area is 111 Å². The first-order valence-electron chi connectivity index (χ1n) is 7.52. The van der Waals surface area contributed by atoms with Crippen LogP contribution in [-0.4, -0.2) is 16.3 Å². The van der Waals surface area contributed by atoms with Crippen LogP contribution in [0.15, 0.2) is 12.4 Å². The molecule has 1 aliphatic rings. The molecule has 2 rings (SSSR count). The van der Waals surface area contributed by atoms with E-state index in [0.29, 0.717) is 6.04 Å². The van der Waals surface area contributed by atoms with Gasteiger partial charge in [-0.25, -0.2) is 0 Å². The zero-order valence-electron chi connectivity index (χ0n) is 12.0. The van der Waals surface area contributed by atoms with Crippen molar-refractivity contribution in [1.82, 2.24) is 15.1 Å². The minimum atomic E-state index is 0.489. The molecular weight excluding hydrogens is 222 g/mol. The SMILES string of the molecule is CCCNC(c1cnn(CCC)c1)C(C)C1CC1. The predicted molar refractivity (Wildman–Crippen MR) is 75.4 cm³/mol. The van der Waals surface area contributed by atoms with Gasteiger partial charge in [-0.2, -0.15) is 5.10 Å². The molecular formula is C15H27N3. The van der Waals surface area contributed by atoms with E-state index >= 15 is 0 Å². The van der Waals surface area contributed by atoms with Crippen molar-refractivity contribution in [1.29, 1.82) is 0 Å². The average molecular weight is 249 g/mol. The van der Waals surface area contributed by atoms with Crippen molar-refractivity contribution >= 4 is 0 Å². The van der Waals surface area contributed by atoms with E-state index < -0.39 is 0 Å². The van der Waals surface area contributed by atoms with Crippen LogP contribution in [0.25, 0.3) is 0 Å². The molecule has 1 aromatic heterocycles. The first-order chi connectivity index (χ1) is 8.76.